The first-order valence-electron chi connectivity index (χ1n) is 5.86. The minimum absolute atomic E-state index is 0.178. The summed E-state index contributed by atoms with van der Waals surface area (Å²) in [6.07, 6.45) is 0.438. The van der Waals surface area contributed by atoms with Crippen LogP contribution >= 0.6 is 0 Å². The molecule has 5 heteroatoms. The minimum Gasteiger partial charge on any atom is -0.462 e. The molecule has 0 unspecified atom stereocenters. The van der Waals surface area contributed by atoms with Gasteiger partial charge in [0.1, 0.15) is 0 Å². The van der Waals surface area contributed by atoms with Crippen molar-refractivity contribution in [3.8, 4) is 0 Å². The number of hydrogen-bond donors (Lipinski definition) is 1. The molecular weight excluding hydrogens is 246 g/mol. The van der Waals surface area contributed by atoms with E-state index >= 15 is 0 Å². The molecule has 2 N–H and O–H groups in total. The van der Waals surface area contributed by atoms with E-state index in [1.807, 2.05) is 0 Å². The van der Waals surface area contributed by atoms with Crippen LogP contribution in [0.1, 0.15) is 23.7 Å². The van der Waals surface area contributed by atoms with E-state index in [0.29, 0.717) is 23.2 Å². The second-order valence-corrected chi connectivity index (χ2v) is 4.03. The Morgan fingerprint density at radius 3 is 2.58 bits per heavy atom. The zero-order valence-corrected chi connectivity index (χ0v) is 10.8. The largest absolute Gasteiger partial charge is 0.462 e. The topological polar surface area (TPSA) is 78.6 Å². The third-order valence-corrected chi connectivity index (χ3v) is 2.23. The van der Waals surface area contributed by atoms with Crippen molar-refractivity contribution in [3.63, 3.8) is 0 Å². The van der Waals surface area contributed by atoms with Crippen LogP contribution in [0, 0.1) is 0 Å². The van der Waals surface area contributed by atoms with Crippen LogP contribution in [0.3, 0.4) is 0 Å². The Morgan fingerprint density at radius 1 is 1.26 bits per heavy atom. The third-order valence-electron chi connectivity index (χ3n) is 2.23. The van der Waals surface area contributed by atoms with Crippen LogP contribution in [0.5, 0.6) is 0 Å². The molecule has 0 atom stereocenters. The second kappa shape index (κ2) is 7.20. The van der Waals surface area contributed by atoms with Gasteiger partial charge in [0.25, 0.3) is 0 Å². The maximum absolute atomic E-state index is 11.6. The van der Waals surface area contributed by atoms with E-state index in [9.17, 15) is 9.59 Å². The number of anilines is 1. The Hall–Kier alpha value is -2.30. The van der Waals surface area contributed by atoms with E-state index in [1.165, 1.54) is 0 Å². The number of rotatable bonds is 6. The first kappa shape index (κ1) is 14.8. The molecule has 0 aliphatic rings. The lowest BCUT2D eigenvalue weighted by Crippen LogP contribution is -2.11. The molecule has 0 saturated carbocycles. The Bertz CT molecular complexity index is 482. The molecule has 0 aliphatic heterocycles. The quantitative estimate of drug-likeness (QED) is 0.367. The van der Waals surface area contributed by atoms with Gasteiger partial charge >= 0.3 is 11.9 Å². The highest BCUT2D eigenvalue weighted by Gasteiger charge is 2.07. The van der Waals surface area contributed by atoms with Crippen molar-refractivity contribution in [1.29, 1.82) is 0 Å². The summed E-state index contributed by atoms with van der Waals surface area (Å²) in [5.41, 5.74) is 6.81. The predicted octanol–water partition coefficient (Wildman–Crippen LogP) is 1.94. The zero-order valence-electron chi connectivity index (χ0n) is 10.8. The normalized spacial score (nSPS) is 9.74. The van der Waals surface area contributed by atoms with E-state index in [0.717, 1.165) is 0 Å². The standard InChI is InChI=1S/C14H17NO4/c1-10(2)13(16)18-7-4-8-19-14(17)11-5-3-6-12(15)9-11/h3,5-6,9H,1,4,7-8,15H2,2H3. The van der Waals surface area contributed by atoms with Gasteiger partial charge < -0.3 is 15.2 Å². The van der Waals surface area contributed by atoms with Crippen molar-refractivity contribution in [2.24, 2.45) is 0 Å². The Labute approximate surface area is 112 Å². The number of benzene rings is 1. The summed E-state index contributed by atoms with van der Waals surface area (Å²) < 4.78 is 9.88. The van der Waals surface area contributed by atoms with Gasteiger partial charge in [-0.3, -0.25) is 0 Å². The molecule has 0 aromatic heterocycles. The molecule has 0 saturated heterocycles. The molecular formula is C14H17NO4. The molecule has 19 heavy (non-hydrogen) atoms. The predicted molar refractivity (Wildman–Crippen MR) is 71.5 cm³/mol. The lowest BCUT2D eigenvalue weighted by molar-refractivity contribution is -0.139. The van der Waals surface area contributed by atoms with Gasteiger partial charge in [0.05, 0.1) is 18.8 Å². The summed E-state index contributed by atoms with van der Waals surface area (Å²) in [4.78, 5) is 22.7. The van der Waals surface area contributed by atoms with Gasteiger partial charge in [-0.2, -0.15) is 0 Å². The summed E-state index contributed by atoms with van der Waals surface area (Å²) in [5, 5.41) is 0. The van der Waals surface area contributed by atoms with Crippen molar-refractivity contribution >= 4 is 17.6 Å². The highest BCUT2D eigenvalue weighted by molar-refractivity contribution is 5.90. The Balaban J connectivity index is 2.25. The van der Waals surface area contributed by atoms with Crippen LogP contribution in [0.4, 0.5) is 5.69 Å². The summed E-state index contributed by atoms with van der Waals surface area (Å²) >= 11 is 0. The number of nitrogens with two attached hydrogens (primary N) is 1. The summed E-state index contributed by atoms with van der Waals surface area (Å²) in [7, 11) is 0. The molecule has 1 aromatic rings. The lowest BCUT2D eigenvalue weighted by atomic mass is 10.2. The average Bonchev–Trinajstić information content (AvgIpc) is 2.37. The maximum Gasteiger partial charge on any atom is 0.338 e. The maximum atomic E-state index is 11.6. The van der Waals surface area contributed by atoms with Gasteiger partial charge in [-0.1, -0.05) is 12.6 Å². The van der Waals surface area contributed by atoms with Crippen LogP contribution in [0.15, 0.2) is 36.4 Å². The van der Waals surface area contributed by atoms with Crippen LogP contribution in [0.2, 0.25) is 0 Å². The van der Waals surface area contributed by atoms with Crippen LogP contribution < -0.4 is 5.73 Å². The zero-order chi connectivity index (χ0) is 14.3. The van der Waals surface area contributed by atoms with Crippen LogP contribution in [0.25, 0.3) is 0 Å². The van der Waals surface area contributed by atoms with E-state index in [1.54, 1.807) is 31.2 Å². The minimum atomic E-state index is -0.446. The van der Waals surface area contributed by atoms with E-state index in [-0.39, 0.29) is 13.2 Å². The van der Waals surface area contributed by atoms with Gasteiger partial charge in [0.15, 0.2) is 0 Å². The Morgan fingerprint density at radius 2 is 1.95 bits per heavy atom. The van der Waals surface area contributed by atoms with Crippen molar-refractivity contribution in [2.45, 2.75) is 13.3 Å². The summed E-state index contributed by atoms with van der Waals surface area (Å²) in [6.45, 7) is 5.40. The van der Waals surface area contributed by atoms with Crippen molar-refractivity contribution in [1.82, 2.24) is 0 Å². The van der Waals surface area contributed by atoms with Gasteiger partial charge in [-0.15, -0.1) is 0 Å². The summed E-state index contributed by atoms with van der Waals surface area (Å²) in [5.74, 6) is -0.888. The number of nitrogen functional groups attached to an aromatic ring is 1. The fourth-order valence-corrected chi connectivity index (χ4v) is 1.26. The van der Waals surface area contributed by atoms with Crippen molar-refractivity contribution < 1.29 is 19.1 Å². The third kappa shape index (κ3) is 5.25. The van der Waals surface area contributed by atoms with E-state index in [4.69, 9.17) is 15.2 Å². The van der Waals surface area contributed by atoms with E-state index < -0.39 is 11.9 Å². The van der Waals surface area contributed by atoms with Crippen LogP contribution in [-0.4, -0.2) is 25.2 Å². The fraction of sp³-hybridized carbons (Fsp3) is 0.286. The fourth-order valence-electron chi connectivity index (χ4n) is 1.26. The summed E-state index contributed by atoms with van der Waals surface area (Å²) in [6, 6.07) is 6.54. The molecule has 0 aliphatic carbocycles. The SMILES string of the molecule is C=C(C)C(=O)OCCCOC(=O)c1cccc(N)c1. The van der Waals surface area contributed by atoms with Crippen molar-refractivity contribution in [3.05, 3.63) is 42.0 Å². The molecule has 0 amide bonds. The lowest BCUT2D eigenvalue weighted by Gasteiger charge is -2.06. The first-order chi connectivity index (χ1) is 9.00. The van der Waals surface area contributed by atoms with Crippen LogP contribution in [-0.2, 0) is 14.3 Å². The number of ether oxygens (including phenoxy) is 2. The molecule has 0 fully saturated rings. The smallest absolute Gasteiger partial charge is 0.338 e. The number of carbonyl (C=O) groups is 2. The van der Waals surface area contributed by atoms with Gasteiger partial charge in [0.2, 0.25) is 0 Å². The molecule has 5 nitrogen and oxygen atoms in total. The van der Waals surface area contributed by atoms with Gasteiger partial charge in [0, 0.05) is 17.7 Å². The number of carbonyl (C=O) groups excluding carboxylic acids is 2. The van der Waals surface area contributed by atoms with E-state index in [2.05, 4.69) is 6.58 Å². The highest BCUT2D eigenvalue weighted by atomic mass is 16.5. The first-order valence-corrected chi connectivity index (χ1v) is 5.86. The highest BCUT2D eigenvalue weighted by Crippen LogP contribution is 2.08. The molecule has 0 bridgehead atoms. The molecule has 102 valence electrons. The number of esters is 2. The number of hydrogen-bond acceptors (Lipinski definition) is 5. The average molecular weight is 263 g/mol. The van der Waals surface area contributed by atoms with Gasteiger partial charge in [-0.25, -0.2) is 9.59 Å². The molecule has 1 aromatic carbocycles. The molecule has 0 spiro atoms. The molecule has 0 radical (unpaired) electrons. The van der Waals surface area contributed by atoms with Crippen molar-refractivity contribution in [2.75, 3.05) is 18.9 Å². The van der Waals surface area contributed by atoms with Gasteiger partial charge in [-0.05, 0) is 25.1 Å². The molecule has 1 rings (SSSR count). The second-order valence-electron chi connectivity index (χ2n) is 4.03. The molecule has 0 heterocycles. The Kier molecular flexibility index (Phi) is 5.60. The monoisotopic (exact) mass is 263 g/mol.